The maximum Gasteiger partial charge on any atom is 0.269 e. The fraction of sp³-hybridized carbons (Fsp3) is 0.286. The van der Waals surface area contributed by atoms with Crippen molar-refractivity contribution in [2.45, 2.75) is 36.6 Å². The van der Waals surface area contributed by atoms with Gasteiger partial charge in [0.25, 0.3) is 21.8 Å². The van der Waals surface area contributed by atoms with E-state index in [1.54, 1.807) is 24.3 Å². The summed E-state index contributed by atoms with van der Waals surface area (Å²) in [4.78, 5) is 36.9. The highest BCUT2D eigenvalue weighted by molar-refractivity contribution is 7.90. The monoisotopic (exact) mass is 425 g/mol. The Kier molecular flexibility index (Phi) is 4.18. The molecule has 2 saturated carbocycles. The highest BCUT2D eigenvalue weighted by atomic mass is 32.2. The van der Waals surface area contributed by atoms with Crippen molar-refractivity contribution in [3.05, 3.63) is 53.6 Å². The van der Waals surface area contributed by atoms with Gasteiger partial charge >= 0.3 is 0 Å². The maximum absolute atomic E-state index is 12.7. The normalized spacial score (nSPS) is 19.3. The molecule has 5 rings (SSSR count). The summed E-state index contributed by atoms with van der Waals surface area (Å²) < 4.78 is 26.4. The van der Waals surface area contributed by atoms with Crippen LogP contribution < -0.4 is 10.6 Å². The molecule has 2 N–H and O–H groups in total. The highest BCUT2D eigenvalue weighted by Gasteiger charge is 2.48. The molecular formula is C21H19N3O5S. The summed E-state index contributed by atoms with van der Waals surface area (Å²) in [7, 11) is -3.93. The number of benzene rings is 2. The lowest BCUT2D eigenvalue weighted by Gasteiger charge is -2.13. The molecule has 2 fully saturated rings. The standard InChI is InChI=1S/C21H19N3O5S/c25-19(12-4-5-12)22-14-2-1-3-15(11-14)23-20(26)13-6-9-17-18(10-13)30(28,29)24(21(17)27)16-7-8-16/h1-3,6,9-12,16H,4-5,7-8H2,(H,22,25)(H,23,26). The van der Waals surface area contributed by atoms with Crippen LogP contribution in [0.1, 0.15) is 46.4 Å². The number of rotatable bonds is 5. The van der Waals surface area contributed by atoms with E-state index >= 15 is 0 Å². The first kappa shape index (κ1) is 18.8. The molecule has 0 unspecified atom stereocenters. The Morgan fingerprint density at radius 2 is 1.63 bits per heavy atom. The minimum absolute atomic E-state index is 0.0350. The largest absolute Gasteiger partial charge is 0.326 e. The highest BCUT2D eigenvalue weighted by Crippen LogP contribution is 2.39. The van der Waals surface area contributed by atoms with Gasteiger partial charge in [0, 0.05) is 28.9 Å². The third kappa shape index (κ3) is 3.24. The zero-order valence-electron chi connectivity index (χ0n) is 15.9. The Morgan fingerprint density at radius 1 is 0.933 bits per heavy atom. The molecule has 1 heterocycles. The van der Waals surface area contributed by atoms with Gasteiger partial charge in [-0.1, -0.05) is 6.07 Å². The molecule has 2 aromatic rings. The number of hydrogen-bond donors (Lipinski definition) is 2. The molecule has 3 aliphatic rings. The molecule has 8 nitrogen and oxygen atoms in total. The van der Waals surface area contributed by atoms with Gasteiger partial charge in [0.2, 0.25) is 5.91 Å². The summed E-state index contributed by atoms with van der Waals surface area (Å²) in [5.41, 5.74) is 1.28. The van der Waals surface area contributed by atoms with Crippen LogP contribution in [0, 0.1) is 5.92 Å². The van der Waals surface area contributed by atoms with Crippen LogP contribution in [0.2, 0.25) is 0 Å². The Balaban J connectivity index is 1.36. The molecule has 2 aromatic carbocycles. The molecule has 3 amide bonds. The lowest BCUT2D eigenvalue weighted by Crippen LogP contribution is -2.31. The lowest BCUT2D eigenvalue weighted by atomic mass is 10.1. The third-order valence-electron chi connectivity index (χ3n) is 5.43. The first-order chi connectivity index (χ1) is 14.3. The van der Waals surface area contributed by atoms with E-state index in [2.05, 4.69) is 10.6 Å². The quantitative estimate of drug-likeness (QED) is 0.765. The number of nitrogens with zero attached hydrogens (tertiary/aromatic N) is 1. The van der Waals surface area contributed by atoms with Crippen LogP contribution in [0.5, 0.6) is 0 Å². The van der Waals surface area contributed by atoms with Crippen molar-refractivity contribution in [2.75, 3.05) is 10.6 Å². The van der Waals surface area contributed by atoms with Crippen LogP contribution in [0.4, 0.5) is 11.4 Å². The van der Waals surface area contributed by atoms with Crippen LogP contribution in [-0.4, -0.2) is 36.5 Å². The van der Waals surface area contributed by atoms with Crippen molar-refractivity contribution in [3.63, 3.8) is 0 Å². The number of hydrogen-bond acceptors (Lipinski definition) is 5. The summed E-state index contributed by atoms with van der Waals surface area (Å²) in [6.07, 6.45) is 3.12. The second-order valence-corrected chi connectivity index (χ2v) is 9.63. The van der Waals surface area contributed by atoms with E-state index < -0.39 is 21.8 Å². The van der Waals surface area contributed by atoms with Gasteiger partial charge in [-0.3, -0.25) is 14.4 Å². The smallest absolute Gasteiger partial charge is 0.269 e. The fourth-order valence-electron chi connectivity index (χ4n) is 3.53. The lowest BCUT2D eigenvalue weighted by molar-refractivity contribution is -0.117. The molecule has 0 saturated heterocycles. The van der Waals surface area contributed by atoms with Gasteiger partial charge in [0.15, 0.2) is 0 Å². The van der Waals surface area contributed by atoms with E-state index in [4.69, 9.17) is 0 Å². The summed E-state index contributed by atoms with van der Waals surface area (Å²) in [6, 6.07) is 10.6. The van der Waals surface area contributed by atoms with E-state index in [1.807, 2.05) is 0 Å². The molecule has 0 bridgehead atoms. The van der Waals surface area contributed by atoms with Gasteiger partial charge < -0.3 is 10.6 Å². The van der Waals surface area contributed by atoms with E-state index in [0.717, 1.165) is 17.1 Å². The van der Waals surface area contributed by atoms with Gasteiger partial charge in [-0.25, -0.2) is 12.7 Å². The molecule has 154 valence electrons. The van der Waals surface area contributed by atoms with Gasteiger partial charge in [-0.15, -0.1) is 0 Å². The molecule has 30 heavy (non-hydrogen) atoms. The average Bonchev–Trinajstić information content (AvgIpc) is 3.61. The van der Waals surface area contributed by atoms with Crippen molar-refractivity contribution in [1.82, 2.24) is 4.31 Å². The Labute approximate surface area is 173 Å². The number of amides is 3. The van der Waals surface area contributed by atoms with E-state index in [0.29, 0.717) is 24.2 Å². The molecule has 0 spiro atoms. The predicted molar refractivity (Wildman–Crippen MR) is 109 cm³/mol. The number of sulfonamides is 1. The minimum atomic E-state index is -3.93. The molecule has 1 aliphatic heterocycles. The number of carbonyl (C=O) groups is 3. The topological polar surface area (TPSA) is 113 Å². The zero-order chi connectivity index (χ0) is 21.0. The second-order valence-electron chi connectivity index (χ2n) is 7.85. The maximum atomic E-state index is 12.7. The molecular weight excluding hydrogens is 406 g/mol. The van der Waals surface area contributed by atoms with Crippen LogP contribution in [-0.2, 0) is 14.8 Å². The first-order valence-corrected chi connectivity index (χ1v) is 11.2. The molecule has 9 heteroatoms. The zero-order valence-corrected chi connectivity index (χ0v) is 16.7. The van der Waals surface area contributed by atoms with Gasteiger partial charge in [-0.2, -0.15) is 0 Å². The van der Waals surface area contributed by atoms with Crippen LogP contribution in [0.25, 0.3) is 0 Å². The Morgan fingerprint density at radius 3 is 2.30 bits per heavy atom. The number of fused-ring (bicyclic) bond motifs is 1. The molecule has 0 radical (unpaired) electrons. The Hall–Kier alpha value is -3.20. The number of anilines is 2. The van der Waals surface area contributed by atoms with Crippen molar-refractivity contribution in [2.24, 2.45) is 5.92 Å². The predicted octanol–water partition coefficient (Wildman–Crippen LogP) is 2.59. The average molecular weight is 425 g/mol. The van der Waals surface area contributed by atoms with E-state index in [9.17, 15) is 22.8 Å². The molecule has 0 aromatic heterocycles. The van der Waals surface area contributed by atoms with Crippen LogP contribution in [0.3, 0.4) is 0 Å². The van der Waals surface area contributed by atoms with Crippen LogP contribution >= 0.6 is 0 Å². The van der Waals surface area contributed by atoms with Crippen molar-refractivity contribution >= 4 is 39.1 Å². The van der Waals surface area contributed by atoms with Gasteiger partial charge in [0.05, 0.1) is 5.56 Å². The second kappa shape index (κ2) is 6.66. The van der Waals surface area contributed by atoms with Crippen molar-refractivity contribution in [1.29, 1.82) is 0 Å². The summed E-state index contributed by atoms with van der Waals surface area (Å²) in [5.74, 6) is -1.00. The number of nitrogens with one attached hydrogen (secondary N) is 2. The van der Waals surface area contributed by atoms with Gasteiger partial charge in [0.1, 0.15) is 4.90 Å². The Bertz CT molecular complexity index is 1200. The SMILES string of the molecule is O=C(Nc1cccc(NC(=O)C2CC2)c1)c1ccc2c(c1)S(=O)(=O)N(C1CC1)C2=O. The molecule has 0 atom stereocenters. The van der Waals surface area contributed by atoms with Crippen LogP contribution in [0.15, 0.2) is 47.4 Å². The summed E-state index contributed by atoms with van der Waals surface area (Å²) in [5, 5.41) is 5.52. The van der Waals surface area contributed by atoms with E-state index in [-0.39, 0.29) is 33.9 Å². The van der Waals surface area contributed by atoms with Crippen molar-refractivity contribution in [3.8, 4) is 0 Å². The van der Waals surface area contributed by atoms with E-state index in [1.165, 1.54) is 18.2 Å². The fourth-order valence-corrected chi connectivity index (χ4v) is 5.37. The minimum Gasteiger partial charge on any atom is -0.326 e. The van der Waals surface area contributed by atoms with Crippen molar-refractivity contribution < 1.29 is 22.8 Å². The first-order valence-electron chi connectivity index (χ1n) is 9.80. The van der Waals surface area contributed by atoms with Gasteiger partial charge in [-0.05, 0) is 62.1 Å². The summed E-state index contributed by atoms with van der Waals surface area (Å²) in [6.45, 7) is 0. The number of carbonyl (C=O) groups excluding carboxylic acids is 3. The summed E-state index contributed by atoms with van der Waals surface area (Å²) >= 11 is 0. The molecule has 2 aliphatic carbocycles. The third-order valence-corrected chi connectivity index (χ3v) is 7.30.